The van der Waals surface area contributed by atoms with Crippen LogP contribution >= 0.6 is 11.3 Å². The summed E-state index contributed by atoms with van der Waals surface area (Å²) in [4.78, 5) is 23.8. The molecule has 3 heterocycles. The van der Waals surface area contributed by atoms with Crippen molar-refractivity contribution in [3.8, 4) is 22.8 Å². The lowest BCUT2D eigenvalue weighted by Crippen LogP contribution is -2.43. The number of benzene rings is 2. The Morgan fingerprint density at radius 1 is 1.05 bits per heavy atom. The smallest absolute Gasteiger partial charge is 0.254 e. The molecule has 1 aliphatic heterocycles. The van der Waals surface area contributed by atoms with Crippen molar-refractivity contribution < 1.29 is 19.0 Å². The van der Waals surface area contributed by atoms with Crippen LogP contribution in [0.25, 0.3) is 16.2 Å². The van der Waals surface area contributed by atoms with Crippen molar-refractivity contribution in [1.29, 1.82) is 0 Å². The number of carbonyl (C=O) groups is 1. The number of aromatic nitrogens is 2. The second-order valence-electron chi connectivity index (χ2n) is 9.47. The molecule has 4 aromatic rings. The normalized spacial score (nSPS) is 14.1. The fraction of sp³-hybridized carbons (Fsp3) is 0.379. The monoisotopic (exact) mass is 534 g/mol. The van der Waals surface area contributed by atoms with Crippen LogP contribution in [-0.4, -0.2) is 85.2 Å². The highest BCUT2D eigenvalue weighted by Crippen LogP contribution is 2.26. The Hall–Kier alpha value is -3.40. The van der Waals surface area contributed by atoms with Crippen LogP contribution < -0.4 is 9.47 Å². The van der Waals surface area contributed by atoms with Gasteiger partial charge in [-0.15, -0.1) is 11.3 Å². The van der Waals surface area contributed by atoms with Crippen LogP contribution in [0.4, 0.5) is 0 Å². The lowest BCUT2D eigenvalue weighted by atomic mass is 10.1. The highest BCUT2D eigenvalue weighted by atomic mass is 32.1. The van der Waals surface area contributed by atoms with Gasteiger partial charge in [0.1, 0.15) is 11.5 Å². The largest absolute Gasteiger partial charge is 0.497 e. The number of morpholine rings is 1. The molecule has 0 N–H and O–H groups in total. The first-order valence-electron chi connectivity index (χ1n) is 12.9. The van der Waals surface area contributed by atoms with E-state index in [2.05, 4.69) is 52.1 Å². The quantitative estimate of drug-likeness (QED) is 0.300. The summed E-state index contributed by atoms with van der Waals surface area (Å²) >= 11 is 1.63. The van der Waals surface area contributed by atoms with Gasteiger partial charge in [-0.2, -0.15) is 0 Å². The lowest BCUT2D eigenvalue weighted by Gasteiger charge is -2.30. The van der Waals surface area contributed by atoms with E-state index in [1.807, 2.05) is 4.90 Å². The molecule has 9 heteroatoms. The van der Waals surface area contributed by atoms with E-state index in [4.69, 9.17) is 19.2 Å². The molecule has 0 atom stereocenters. The summed E-state index contributed by atoms with van der Waals surface area (Å²) in [7, 11) is 3.19. The summed E-state index contributed by atoms with van der Waals surface area (Å²) in [5.41, 5.74) is 4.99. The summed E-state index contributed by atoms with van der Waals surface area (Å²) < 4.78 is 18.5. The average Bonchev–Trinajstić information content (AvgIpc) is 3.55. The number of rotatable bonds is 10. The molecule has 1 aliphatic rings. The maximum atomic E-state index is 13.7. The third-order valence-corrected chi connectivity index (χ3v) is 7.83. The summed E-state index contributed by atoms with van der Waals surface area (Å²) in [6.07, 6.45) is 2.82. The zero-order valence-electron chi connectivity index (χ0n) is 22.2. The Labute approximate surface area is 227 Å². The van der Waals surface area contributed by atoms with E-state index < -0.39 is 0 Å². The summed E-state index contributed by atoms with van der Waals surface area (Å²) in [5.74, 6) is 1.16. The maximum Gasteiger partial charge on any atom is 0.254 e. The van der Waals surface area contributed by atoms with Crippen LogP contribution in [0.2, 0.25) is 0 Å². The highest BCUT2D eigenvalue weighted by molar-refractivity contribution is 7.15. The minimum absolute atomic E-state index is 0.0343. The number of hydrogen-bond donors (Lipinski definition) is 0. The van der Waals surface area contributed by atoms with Crippen LogP contribution in [0.5, 0.6) is 11.5 Å². The molecule has 2 aromatic carbocycles. The van der Waals surface area contributed by atoms with Gasteiger partial charge in [0.25, 0.3) is 5.91 Å². The number of fused-ring (bicyclic) bond motifs is 1. The Morgan fingerprint density at radius 2 is 1.76 bits per heavy atom. The molecule has 8 nitrogen and oxygen atoms in total. The van der Waals surface area contributed by atoms with Gasteiger partial charge in [-0.3, -0.25) is 14.1 Å². The van der Waals surface area contributed by atoms with Crippen molar-refractivity contribution in [2.24, 2.45) is 0 Å². The zero-order chi connectivity index (χ0) is 26.5. The number of aryl methyl sites for hydroxylation is 1. The van der Waals surface area contributed by atoms with E-state index in [-0.39, 0.29) is 5.91 Å². The predicted octanol–water partition coefficient (Wildman–Crippen LogP) is 4.41. The number of hydrogen-bond acceptors (Lipinski definition) is 7. The molecule has 1 saturated heterocycles. The first kappa shape index (κ1) is 26.2. The van der Waals surface area contributed by atoms with E-state index in [0.29, 0.717) is 30.2 Å². The molecular weight excluding hydrogens is 500 g/mol. The molecule has 0 aliphatic carbocycles. The summed E-state index contributed by atoms with van der Waals surface area (Å²) in [5, 5.41) is 2.14. The Balaban J connectivity index is 1.35. The third kappa shape index (κ3) is 6.01. The number of thiazole rings is 1. The Bertz CT molecular complexity index is 1350. The molecule has 0 bridgehead atoms. The minimum Gasteiger partial charge on any atom is -0.497 e. The Morgan fingerprint density at radius 3 is 2.45 bits per heavy atom. The van der Waals surface area contributed by atoms with Gasteiger partial charge in [-0.25, -0.2) is 4.98 Å². The Kier molecular flexibility index (Phi) is 8.26. The van der Waals surface area contributed by atoms with Gasteiger partial charge in [0.2, 0.25) is 0 Å². The van der Waals surface area contributed by atoms with Gasteiger partial charge >= 0.3 is 0 Å². The fourth-order valence-corrected chi connectivity index (χ4v) is 5.54. The topological polar surface area (TPSA) is 68.5 Å². The van der Waals surface area contributed by atoms with E-state index >= 15 is 0 Å². The van der Waals surface area contributed by atoms with E-state index in [1.54, 1.807) is 43.8 Å². The second-order valence-corrected chi connectivity index (χ2v) is 10.3. The summed E-state index contributed by atoms with van der Waals surface area (Å²) in [6, 6.07) is 13.8. The molecule has 2 aromatic heterocycles. The van der Waals surface area contributed by atoms with E-state index in [0.717, 1.165) is 61.2 Å². The van der Waals surface area contributed by atoms with Crippen molar-refractivity contribution in [3.05, 3.63) is 70.9 Å². The maximum absolute atomic E-state index is 13.7. The van der Waals surface area contributed by atoms with Crippen molar-refractivity contribution in [3.63, 3.8) is 0 Å². The SMILES string of the molecule is COc1cc(OC)cc(C(=O)N(CCc2csc3nc(-c4ccc(C)cc4)cn23)CCN2CCOCC2)c1. The molecule has 0 radical (unpaired) electrons. The second kappa shape index (κ2) is 12.0. The highest BCUT2D eigenvalue weighted by Gasteiger charge is 2.21. The fourth-order valence-electron chi connectivity index (χ4n) is 4.64. The van der Waals surface area contributed by atoms with Crippen LogP contribution in [0.1, 0.15) is 21.6 Å². The number of ether oxygens (including phenoxy) is 3. The summed E-state index contributed by atoms with van der Waals surface area (Å²) in [6.45, 7) is 7.35. The standard InChI is InChI=1S/C29H34N4O4S/c1-21-4-6-22(7-5-21)27-19-33-24(20-38-29(33)30-27)8-9-32(11-10-31-12-14-37-15-13-31)28(34)23-16-25(35-2)18-26(17-23)36-3/h4-7,16-20H,8-15H2,1-3H3. The van der Waals surface area contributed by atoms with E-state index in [9.17, 15) is 4.79 Å². The number of methoxy groups -OCH3 is 2. The molecule has 0 unspecified atom stereocenters. The molecule has 1 fully saturated rings. The molecular formula is C29H34N4O4S. The van der Waals surface area contributed by atoms with Crippen molar-refractivity contribution >= 4 is 22.2 Å². The number of imidazole rings is 1. The molecule has 0 saturated carbocycles. The molecule has 0 spiro atoms. The zero-order valence-corrected chi connectivity index (χ0v) is 23.0. The van der Waals surface area contributed by atoms with Crippen LogP contribution in [0.15, 0.2) is 54.0 Å². The van der Waals surface area contributed by atoms with Crippen molar-refractivity contribution in [2.45, 2.75) is 13.3 Å². The van der Waals surface area contributed by atoms with Gasteiger partial charge in [-0.1, -0.05) is 29.8 Å². The van der Waals surface area contributed by atoms with Gasteiger partial charge in [-0.05, 0) is 19.1 Å². The predicted molar refractivity (Wildman–Crippen MR) is 150 cm³/mol. The molecule has 5 rings (SSSR count). The lowest BCUT2D eigenvalue weighted by molar-refractivity contribution is 0.0325. The van der Waals surface area contributed by atoms with Crippen molar-refractivity contribution in [2.75, 3.05) is 60.2 Å². The number of nitrogens with zero attached hydrogens (tertiary/aromatic N) is 4. The van der Waals surface area contributed by atoms with Crippen LogP contribution in [-0.2, 0) is 11.2 Å². The van der Waals surface area contributed by atoms with Gasteiger partial charge in [0, 0.05) is 73.6 Å². The van der Waals surface area contributed by atoms with Crippen LogP contribution in [0.3, 0.4) is 0 Å². The van der Waals surface area contributed by atoms with Gasteiger partial charge in [0.15, 0.2) is 4.96 Å². The number of carbonyl (C=O) groups excluding carboxylic acids is 1. The first-order valence-corrected chi connectivity index (χ1v) is 13.8. The molecule has 38 heavy (non-hydrogen) atoms. The van der Waals surface area contributed by atoms with Gasteiger partial charge in [0.05, 0.1) is 33.1 Å². The molecule has 200 valence electrons. The van der Waals surface area contributed by atoms with E-state index in [1.165, 1.54) is 5.56 Å². The van der Waals surface area contributed by atoms with Crippen molar-refractivity contribution in [1.82, 2.24) is 19.2 Å². The third-order valence-electron chi connectivity index (χ3n) is 6.94. The first-order chi connectivity index (χ1) is 18.5. The average molecular weight is 535 g/mol. The minimum atomic E-state index is -0.0343. The number of amides is 1. The van der Waals surface area contributed by atoms with Crippen LogP contribution in [0, 0.1) is 6.92 Å². The van der Waals surface area contributed by atoms with Gasteiger partial charge < -0.3 is 19.1 Å². The molecule has 1 amide bonds.